The number of rotatable bonds is 1. The van der Waals surface area contributed by atoms with E-state index in [0.717, 1.165) is 16.2 Å². The van der Waals surface area contributed by atoms with E-state index in [-0.39, 0.29) is 0 Å². The Hall–Kier alpha value is -0.870. The van der Waals surface area contributed by atoms with Crippen molar-refractivity contribution in [2.24, 2.45) is 0 Å². The fraction of sp³-hybridized carbons (Fsp3) is 0.125. The van der Waals surface area contributed by atoms with Gasteiger partial charge in [-0.2, -0.15) is 0 Å². The highest BCUT2D eigenvalue weighted by molar-refractivity contribution is 7.98. The minimum Gasteiger partial charge on any atom is -0.233 e. The quantitative estimate of drug-likeness (QED) is 0.413. The molecule has 0 atom stereocenters. The Morgan fingerprint density at radius 2 is 2.08 bits per heavy atom. The maximum atomic E-state index is 5.72. The normalized spacial score (nSPS) is 10.6. The third-order valence-electron chi connectivity index (χ3n) is 1.56. The van der Waals surface area contributed by atoms with Crippen LogP contribution in [0, 0.1) is 0 Å². The molecule has 0 radical (unpaired) electrons. The predicted octanol–water partition coefficient (Wildman–Crippen LogP) is 2.40. The Morgan fingerprint density at radius 3 is 2.85 bits per heavy atom. The standard InChI is InChI=1S/C8H6ClN3S/c1-13-8-10-4-6-5(12-8)2-3-7(9)11-6/h2-4H,1H3. The van der Waals surface area contributed by atoms with Crippen molar-refractivity contribution in [1.29, 1.82) is 0 Å². The lowest BCUT2D eigenvalue weighted by molar-refractivity contribution is 1.00. The van der Waals surface area contributed by atoms with E-state index >= 15 is 0 Å². The lowest BCUT2D eigenvalue weighted by Crippen LogP contribution is -1.88. The van der Waals surface area contributed by atoms with Crippen LogP contribution in [0.25, 0.3) is 11.0 Å². The highest BCUT2D eigenvalue weighted by Gasteiger charge is 1.99. The fourth-order valence-electron chi connectivity index (χ4n) is 0.979. The number of hydrogen-bond acceptors (Lipinski definition) is 4. The van der Waals surface area contributed by atoms with Gasteiger partial charge in [0.15, 0.2) is 5.16 Å². The van der Waals surface area contributed by atoms with Gasteiger partial charge in [-0.25, -0.2) is 15.0 Å². The maximum absolute atomic E-state index is 5.72. The number of hydrogen-bond donors (Lipinski definition) is 0. The molecule has 0 N–H and O–H groups in total. The Kier molecular flexibility index (Phi) is 2.33. The molecular weight excluding hydrogens is 206 g/mol. The largest absolute Gasteiger partial charge is 0.233 e. The van der Waals surface area contributed by atoms with Gasteiger partial charge < -0.3 is 0 Å². The van der Waals surface area contributed by atoms with Crippen molar-refractivity contribution < 1.29 is 0 Å². The summed E-state index contributed by atoms with van der Waals surface area (Å²) in [4.78, 5) is 12.4. The van der Waals surface area contributed by atoms with Gasteiger partial charge in [-0.15, -0.1) is 0 Å². The van der Waals surface area contributed by atoms with Crippen molar-refractivity contribution in [2.45, 2.75) is 5.16 Å². The van der Waals surface area contributed by atoms with Crippen LogP contribution < -0.4 is 0 Å². The van der Waals surface area contributed by atoms with Gasteiger partial charge in [0.2, 0.25) is 0 Å². The first kappa shape index (κ1) is 8.72. The van der Waals surface area contributed by atoms with Gasteiger partial charge in [-0.3, -0.25) is 0 Å². The average Bonchev–Trinajstić information content (AvgIpc) is 2.17. The molecule has 2 rings (SSSR count). The van der Waals surface area contributed by atoms with Crippen molar-refractivity contribution >= 4 is 34.4 Å². The molecule has 0 aliphatic heterocycles. The van der Waals surface area contributed by atoms with E-state index in [4.69, 9.17) is 11.6 Å². The van der Waals surface area contributed by atoms with E-state index in [1.807, 2.05) is 12.3 Å². The Bertz CT molecular complexity index is 446. The molecular formula is C8H6ClN3S. The van der Waals surface area contributed by atoms with E-state index in [9.17, 15) is 0 Å². The number of nitrogens with zero attached hydrogens (tertiary/aromatic N) is 3. The van der Waals surface area contributed by atoms with E-state index in [2.05, 4.69) is 15.0 Å². The molecule has 2 aromatic rings. The monoisotopic (exact) mass is 211 g/mol. The Balaban J connectivity index is 2.66. The first-order valence-electron chi connectivity index (χ1n) is 3.63. The van der Waals surface area contributed by atoms with Gasteiger partial charge in [0.1, 0.15) is 10.7 Å². The number of aromatic nitrogens is 3. The maximum Gasteiger partial charge on any atom is 0.187 e. The molecule has 0 spiro atoms. The summed E-state index contributed by atoms with van der Waals surface area (Å²) in [6.45, 7) is 0. The minimum absolute atomic E-state index is 0.466. The van der Waals surface area contributed by atoms with Crippen LogP contribution in [-0.2, 0) is 0 Å². The van der Waals surface area contributed by atoms with Crippen LogP contribution in [-0.4, -0.2) is 21.2 Å². The molecule has 0 aliphatic carbocycles. The molecule has 0 amide bonds. The van der Waals surface area contributed by atoms with E-state index in [1.165, 1.54) is 11.8 Å². The van der Waals surface area contributed by atoms with Crippen LogP contribution in [0.4, 0.5) is 0 Å². The zero-order chi connectivity index (χ0) is 9.26. The first-order valence-corrected chi connectivity index (χ1v) is 5.23. The van der Waals surface area contributed by atoms with Crippen LogP contribution in [0.2, 0.25) is 5.15 Å². The molecule has 13 heavy (non-hydrogen) atoms. The second-order valence-corrected chi connectivity index (χ2v) is 3.56. The third kappa shape index (κ3) is 1.73. The number of fused-ring (bicyclic) bond motifs is 1. The summed E-state index contributed by atoms with van der Waals surface area (Å²) in [5.41, 5.74) is 1.55. The van der Waals surface area contributed by atoms with Crippen LogP contribution in [0.15, 0.2) is 23.5 Å². The average molecular weight is 212 g/mol. The summed E-state index contributed by atoms with van der Waals surface area (Å²) in [6.07, 6.45) is 3.62. The lowest BCUT2D eigenvalue weighted by atomic mass is 10.4. The van der Waals surface area contributed by atoms with Crippen LogP contribution in [0.3, 0.4) is 0 Å². The third-order valence-corrected chi connectivity index (χ3v) is 2.34. The van der Waals surface area contributed by atoms with Crippen LogP contribution >= 0.6 is 23.4 Å². The number of halogens is 1. The molecule has 0 fully saturated rings. The second-order valence-electron chi connectivity index (χ2n) is 2.40. The topological polar surface area (TPSA) is 38.7 Å². The molecule has 2 heterocycles. The van der Waals surface area contributed by atoms with Crippen LogP contribution in [0.5, 0.6) is 0 Å². The molecule has 66 valence electrons. The number of thioether (sulfide) groups is 1. The second kappa shape index (κ2) is 3.47. The van der Waals surface area contributed by atoms with Gasteiger partial charge in [0.25, 0.3) is 0 Å². The van der Waals surface area contributed by atoms with Gasteiger partial charge in [0.05, 0.1) is 11.7 Å². The highest BCUT2D eigenvalue weighted by atomic mass is 35.5. The highest BCUT2D eigenvalue weighted by Crippen LogP contribution is 2.15. The SMILES string of the molecule is CSc1ncc2nc(Cl)ccc2n1. The number of pyridine rings is 1. The molecule has 2 aromatic heterocycles. The summed E-state index contributed by atoms with van der Waals surface area (Å²) in [6, 6.07) is 3.56. The lowest BCUT2D eigenvalue weighted by Gasteiger charge is -1.98. The van der Waals surface area contributed by atoms with Crippen molar-refractivity contribution in [3.8, 4) is 0 Å². The summed E-state index contributed by atoms with van der Waals surface area (Å²) in [7, 11) is 0. The van der Waals surface area contributed by atoms with E-state index in [1.54, 1.807) is 12.3 Å². The van der Waals surface area contributed by atoms with Gasteiger partial charge in [0, 0.05) is 0 Å². The molecule has 3 nitrogen and oxygen atoms in total. The van der Waals surface area contributed by atoms with Crippen molar-refractivity contribution in [1.82, 2.24) is 15.0 Å². The molecule has 0 saturated heterocycles. The van der Waals surface area contributed by atoms with Gasteiger partial charge in [-0.05, 0) is 18.4 Å². The minimum atomic E-state index is 0.466. The molecule has 0 unspecified atom stereocenters. The summed E-state index contributed by atoms with van der Waals surface area (Å²) in [5, 5.41) is 1.21. The van der Waals surface area contributed by atoms with E-state index < -0.39 is 0 Å². The van der Waals surface area contributed by atoms with Crippen molar-refractivity contribution in [3.63, 3.8) is 0 Å². The van der Waals surface area contributed by atoms with Gasteiger partial charge in [-0.1, -0.05) is 23.4 Å². The van der Waals surface area contributed by atoms with Crippen LogP contribution in [0.1, 0.15) is 0 Å². The first-order chi connectivity index (χ1) is 6.29. The zero-order valence-electron chi connectivity index (χ0n) is 6.86. The zero-order valence-corrected chi connectivity index (χ0v) is 8.43. The van der Waals surface area contributed by atoms with E-state index in [0.29, 0.717) is 5.15 Å². The molecule has 0 aliphatic rings. The Morgan fingerprint density at radius 1 is 1.23 bits per heavy atom. The summed E-state index contributed by atoms with van der Waals surface area (Å²) >= 11 is 7.23. The molecule has 5 heteroatoms. The predicted molar refractivity (Wildman–Crippen MR) is 54.1 cm³/mol. The molecule has 0 bridgehead atoms. The van der Waals surface area contributed by atoms with Gasteiger partial charge >= 0.3 is 0 Å². The molecule has 0 saturated carbocycles. The molecule has 0 aromatic carbocycles. The smallest absolute Gasteiger partial charge is 0.187 e. The summed E-state index contributed by atoms with van der Waals surface area (Å²) < 4.78 is 0. The Labute approximate surface area is 84.6 Å². The van der Waals surface area contributed by atoms with Crippen molar-refractivity contribution in [2.75, 3.05) is 6.26 Å². The fourth-order valence-corrected chi connectivity index (χ4v) is 1.48. The summed E-state index contributed by atoms with van der Waals surface area (Å²) in [5.74, 6) is 0. The van der Waals surface area contributed by atoms with Crippen molar-refractivity contribution in [3.05, 3.63) is 23.5 Å².